The second kappa shape index (κ2) is 8.31. The Morgan fingerprint density at radius 1 is 1.04 bits per heavy atom. The highest BCUT2D eigenvalue weighted by Crippen LogP contribution is 2.12. The monoisotopic (exact) mass is 362 g/mol. The molecule has 0 aliphatic heterocycles. The van der Waals surface area contributed by atoms with Crippen molar-refractivity contribution in [3.8, 4) is 5.69 Å². The molecule has 0 saturated carbocycles. The third-order valence-corrected chi connectivity index (χ3v) is 4.13. The van der Waals surface area contributed by atoms with Crippen LogP contribution in [0.3, 0.4) is 0 Å². The smallest absolute Gasteiger partial charge is 0.251 e. The van der Waals surface area contributed by atoms with Crippen LogP contribution in [-0.2, 0) is 11.3 Å². The molecule has 3 rings (SSSR count). The van der Waals surface area contributed by atoms with Crippen LogP contribution in [-0.4, -0.2) is 21.4 Å². The molecule has 0 saturated heterocycles. The molecule has 138 valence electrons. The van der Waals surface area contributed by atoms with Gasteiger partial charge in [0.2, 0.25) is 5.91 Å². The first-order valence-corrected chi connectivity index (χ1v) is 8.79. The van der Waals surface area contributed by atoms with Crippen LogP contribution < -0.4 is 10.6 Å². The van der Waals surface area contributed by atoms with Crippen LogP contribution in [0.1, 0.15) is 29.8 Å². The molecule has 0 spiro atoms. The van der Waals surface area contributed by atoms with Gasteiger partial charge in [-0.1, -0.05) is 26.0 Å². The molecule has 0 radical (unpaired) electrons. The minimum Gasteiger partial charge on any atom is -0.348 e. The number of carbonyl (C=O) groups is 2. The van der Waals surface area contributed by atoms with Crippen LogP contribution in [0.4, 0.5) is 5.69 Å². The molecule has 1 aromatic heterocycles. The zero-order valence-corrected chi connectivity index (χ0v) is 15.3. The molecule has 2 aromatic carbocycles. The predicted molar refractivity (Wildman–Crippen MR) is 105 cm³/mol. The van der Waals surface area contributed by atoms with Crippen molar-refractivity contribution in [3.05, 3.63) is 78.4 Å². The zero-order valence-electron chi connectivity index (χ0n) is 15.3. The minimum atomic E-state index is -0.135. The van der Waals surface area contributed by atoms with E-state index in [4.69, 9.17) is 0 Å². The van der Waals surface area contributed by atoms with Crippen molar-refractivity contribution in [1.82, 2.24) is 14.9 Å². The lowest BCUT2D eigenvalue weighted by Gasteiger charge is -2.09. The first kappa shape index (κ1) is 18.4. The highest BCUT2D eigenvalue weighted by atomic mass is 16.2. The zero-order chi connectivity index (χ0) is 19.2. The molecular weight excluding hydrogens is 340 g/mol. The van der Waals surface area contributed by atoms with Crippen LogP contribution in [0.2, 0.25) is 0 Å². The Morgan fingerprint density at radius 2 is 1.74 bits per heavy atom. The number of imidazole rings is 1. The van der Waals surface area contributed by atoms with Crippen LogP contribution >= 0.6 is 0 Å². The average Bonchev–Trinajstić information content (AvgIpc) is 3.22. The highest BCUT2D eigenvalue weighted by molar-refractivity contribution is 5.94. The van der Waals surface area contributed by atoms with Crippen molar-refractivity contribution < 1.29 is 9.59 Å². The van der Waals surface area contributed by atoms with Gasteiger partial charge >= 0.3 is 0 Å². The van der Waals surface area contributed by atoms with E-state index in [1.54, 1.807) is 24.7 Å². The van der Waals surface area contributed by atoms with Crippen LogP contribution in [0.25, 0.3) is 5.69 Å². The summed E-state index contributed by atoms with van der Waals surface area (Å²) < 4.78 is 1.88. The van der Waals surface area contributed by atoms with Crippen molar-refractivity contribution in [2.75, 3.05) is 5.32 Å². The molecule has 2 amide bonds. The van der Waals surface area contributed by atoms with Crippen LogP contribution in [0.15, 0.2) is 67.3 Å². The van der Waals surface area contributed by atoms with Crippen LogP contribution in [0.5, 0.6) is 0 Å². The van der Waals surface area contributed by atoms with Crippen molar-refractivity contribution in [3.63, 3.8) is 0 Å². The summed E-state index contributed by atoms with van der Waals surface area (Å²) in [4.78, 5) is 28.0. The molecular formula is C21H22N4O2. The molecule has 6 heteroatoms. The number of nitrogens with zero attached hydrogens (tertiary/aromatic N) is 2. The summed E-state index contributed by atoms with van der Waals surface area (Å²) in [5, 5.41) is 5.75. The van der Waals surface area contributed by atoms with Gasteiger partial charge in [0.05, 0.1) is 6.33 Å². The van der Waals surface area contributed by atoms with E-state index < -0.39 is 0 Å². The van der Waals surface area contributed by atoms with Gasteiger partial charge in [0.1, 0.15) is 0 Å². The Labute approximate surface area is 158 Å². The Balaban J connectivity index is 1.55. The number of nitrogens with one attached hydrogen (secondary N) is 2. The molecule has 3 aromatic rings. The summed E-state index contributed by atoms with van der Waals surface area (Å²) in [5.74, 6) is -0.219. The van der Waals surface area contributed by atoms with Gasteiger partial charge in [-0.2, -0.15) is 0 Å². The maximum Gasteiger partial charge on any atom is 0.251 e. The summed E-state index contributed by atoms with van der Waals surface area (Å²) in [6, 6.07) is 14.8. The number of anilines is 1. The topological polar surface area (TPSA) is 76.0 Å². The molecule has 0 aliphatic carbocycles. The maximum atomic E-state index is 12.3. The van der Waals surface area contributed by atoms with E-state index in [1.807, 2.05) is 61.0 Å². The first-order chi connectivity index (χ1) is 13.0. The lowest BCUT2D eigenvalue weighted by Crippen LogP contribution is -2.22. The fraction of sp³-hybridized carbons (Fsp3) is 0.190. The van der Waals surface area contributed by atoms with Gasteiger partial charge in [-0.15, -0.1) is 0 Å². The van der Waals surface area contributed by atoms with E-state index in [1.165, 1.54) is 0 Å². The van der Waals surface area contributed by atoms with Crippen LogP contribution in [0, 0.1) is 5.92 Å². The van der Waals surface area contributed by atoms with Crippen molar-refractivity contribution in [1.29, 1.82) is 0 Å². The van der Waals surface area contributed by atoms with Crippen molar-refractivity contribution in [2.45, 2.75) is 20.4 Å². The van der Waals surface area contributed by atoms with Gasteiger partial charge in [-0.25, -0.2) is 4.98 Å². The summed E-state index contributed by atoms with van der Waals surface area (Å²) in [5.41, 5.74) is 3.25. The number of aromatic nitrogens is 2. The van der Waals surface area contributed by atoms with Gasteiger partial charge in [-0.3, -0.25) is 9.59 Å². The lowest BCUT2D eigenvalue weighted by atomic mass is 10.1. The summed E-state index contributed by atoms with van der Waals surface area (Å²) >= 11 is 0. The van der Waals surface area contributed by atoms with E-state index in [0.29, 0.717) is 12.1 Å². The Kier molecular flexibility index (Phi) is 5.66. The third-order valence-electron chi connectivity index (χ3n) is 4.13. The second-order valence-corrected chi connectivity index (χ2v) is 6.54. The van der Waals surface area contributed by atoms with Gasteiger partial charge in [-0.05, 0) is 42.0 Å². The number of hydrogen-bond acceptors (Lipinski definition) is 3. The molecule has 0 bridgehead atoms. The number of rotatable bonds is 6. The number of carbonyl (C=O) groups excluding carboxylic acids is 2. The van der Waals surface area contributed by atoms with Gasteiger partial charge in [0.15, 0.2) is 0 Å². The SMILES string of the molecule is CC(C)C(=O)Nc1ccc(CNC(=O)c2ccc(-n3ccnc3)cc2)cc1. The van der Waals surface area contributed by atoms with Gasteiger partial charge in [0, 0.05) is 41.8 Å². The Bertz CT molecular complexity index is 898. The fourth-order valence-corrected chi connectivity index (χ4v) is 2.47. The molecule has 27 heavy (non-hydrogen) atoms. The molecule has 1 heterocycles. The average molecular weight is 362 g/mol. The molecule has 0 aliphatic rings. The normalized spacial score (nSPS) is 10.6. The van der Waals surface area contributed by atoms with E-state index in [-0.39, 0.29) is 17.7 Å². The van der Waals surface area contributed by atoms with E-state index >= 15 is 0 Å². The Morgan fingerprint density at radius 3 is 2.33 bits per heavy atom. The van der Waals surface area contributed by atoms with Gasteiger partial charge in [0.25, 0.3) is 5.91 Å². The molecule has 6 nitrogen and oxygen atoms in total. The first-order valence-electron chi connectivity index (χ1n) is 8.79. The number of benzene rings is 2. The standard InChI is InChI=1S/C21H22N4O2/c1-15(2)20(26)24-18-7-3-16(4-8-18)13-23-21(27)17-5-9-19(10-6-17)25-12-11-22-14-25/h3-12,14-15H,13H2,1-2H3,(H,23,27)(H,24,26). The van der Waals surface area contributed by atoms with E-state index in [2.05, 4.69) is 15.6 Å². The highest BCUT2D eigenvalue weighted by Gasteiger charge is 2.08. The summed E-state index contributed by atoms with van der Waals surface area (Å²) in [6.07, 6.45) is 5.27. The summed E-state index contributed by atoms with van der Waals surface area (Å²) in [7, 11) is 0. The fourth-order valence-electron chi connectivity index (χ4n) is 2.47. The third kappa shape index (κ3) is 4.82. The largest absolute Gasteiger partial charge is 0.348 e. The molecule has 0 atom stereocenters. The van der Waals surface area contributed by atoms with Crippen molar-refractivity contribution >= 4 is 17.5 Å². The molecule has 2 N–H and O–H groups in total. The van der Waals surface area contributed by atoms with E-state index in [0.717, 1.165) is 16.9 Å². The molecule has 0 fully saturated rings. The maximum absolute atomic E-state index is 12.3. The number of amides is 2. The quantitative estimate of drug-likeness (QED) is 0.706. The summed E-state index contributed by atoms with van der Waals surface area (Å²) in [6.45, 7) is 4.11. The van der Waals surface area contributed by atoms with Crippen molar-refractivity contribution in [2.24, 2.45) is 5.92 Å². The second-order valence-electron chi connectivity index (χ2n) is 6.54. The number of hydrogen-bond donors (Lipinski definition) is 2. The minimum absolute atomic E-state index is 0.0183. The van der Waals surface area contributed by atoms with E-state index in [9.17, 15) is 9.59 Å². The Hall–Kier alpha value is -3.41. The molecule has 0 unspecified atom stereocenters. The predicted octanol–water partition coefficient (Wildman–Crippen LogP) is 3.40. The van der Waals surface area contributed by atoms with Gasteiger partial charge < -0.3 is 15.2 Å². The lowest BCUT2D eigenvalue weighted by molar-refractivity contribution is -0.118.